The lowest BCUT2D eigenvalue weighted by Gasteiger charge is -2.02. The molecule has 1 aromatic heterocycles. The molecule has 5 nitrogen and oxygen atoms in total. The summed E-state index contributed by atoms with van der Waals surface area (Å²) in [5.41, 5.74) is 0.823. The molecular formula is C18H15F2N3O2S. The molecule has 0 unspecified atom stereocenters. The Morgan fingerprint density at radius 1 is 1.00 bits per heavy atom. The molecule has 3 aromatic rings. The van der Waals surface area contributed by atoms with Gasteiger partial charge in [-0.3, -0.25) is 10.1 Å². The molecule has 2 aromatic carbocycles. The van der Waals surface area contributed by atoms with E-state index in [9.17, 15) is 13.6 Å². The van der Waals surface area contributed by atoms with Crippen molar-refractivity contribution in [3.8, 4) is 0 Å². The Morgan fingerprint density at radius 2 is 1.65 bits per heavy atom. The highest BCUT2D eigenvalue weighted by atomic mass is 32.2. The second-order valence-corrected chi connectivity index (χ2v) is 6.57. The number of benzene rings is 2. The minimum Gasteiger partial charge on any atom is -0.407 e. The van der Waals surface area contributed by atoms with Crippen LogP contribution in [0.3, 0.4) is 0 Å². The first-order chi connectivity index (χ1) is 12.6. The number of thioether (sulfide) groups is 1. The maximum absolute atomic E-state index is 12.9. The molecule has 0 aliphatic heterocycles. The van der Waals surface area contributed by atoms with Gasteiger partial charge in [0, 0.05) is 17.1 Å². The zero-order valence-corrected chi connectivity index (χ0v) is 14.4. The molecule has 1 heterocycles. The van der Waals surface area contributed by atoms with Crippen molar-refractivity contribution in [2.24, 2.45) is 0 Å². The molecule has 0 bridgehead atoms. The molecule has 8 heteroatoms. The molecule has 0 spiro atoms. The van der Waals surface area contributed by atoms with E-state index in [4.69, 9.17) is 4.42 Å². The molecule has 0 saturated heterocycles. The van der Waals surface area contributed by atoms with Gasteiger partial charge in [0.25, 0.3) is 0 Å². The van der Waals surface area contributed by atoms with Crippen molar-refractivity contribution in [2.45, 2.75) is 17.7 Å². The summed E-state index contributed by atoms with van der Waals surface area (Å²) in [7, 11) is 0. The molecule has 0 aliphatic carbocycles. The second kappa shape index (κ2) is 8.57. The zero-order chi connectivity index (χ0) is 18.4. The lowest BCUT2D eigenvalue weighted by Crippen LogP contribution is -2.12. The van der Waals surface area contributed by atoms with Gasteiger partial charge in [-0.25, -0.2) is 8.78 Å². The largest absolute Gasteiger partial charge is 0.407 e. The van der Waals surface area contributed by atoms with Gasteiger partial charge in [-0.1, -0.05) is 17.2 Å². The third-order valence-corrected chi connectivity index (χ3v) is 4.41. The first-order valence-corrected chi connectivity index (χ1v) is 8.82. The van der Waals surface area contributed by atoms with E-state index in [1.54, 1.807) is 24.3 Å². The van der Waals surface area contributed by atoms with Gasteiger partial charge in [0.15, 0.2) is 0 Å². The predicted molar refractivity (Wildman–Crippen MR) is 93.9 cm³/mol. The number of rotatable bonds is 7. The summed E-state index contributed by atoms with van der Waals surface area (Å²) >= 11 is 1.45. The van der Waals surface area contributed by atoms with Crippen molar-refractivity contribution in [3.63, 3.8) is 0 Å². The van der Waals surface area contributed by atoms with Crippen LogP contribution in [-0.2, 0) is 11.2 Å². The number of hydrogen-bond acceptors (Lipinski definition) is 5. The van der Waals surface area contributed by atoms with Gasteiger partial charge < -0.3 is 4.42 Å². The van der Waals surface area contributed by atoms with Crippen molar-refractivity contribution in [3.05, 3.63) is 71.6 Å². The van der Waals surface area contributed by atoms with Crippen LogP contribution in [-0.4, -0.2) is 21.9 Å². The SMILES string of the molecule is O=C(CCSc1ccc(F)cc1)Nc1nnc(Cc2ccc(F)cc2)o1. The second-order valence-electron chi connectivity index (χ2n) is 5.40. The summed E-state index contributed by atoms with van der Waals surface area (Å²) in [6.45, 7) is 0. The molecule has 3 rings (SSSR count). The van der Waals surface area contributed by atoms with E-state index in [1.807, 2.05) is 0 Å². The number of nitrogens with zero attached hydrogens (tertiary/aromatic N) is 2. The average Bonchev–Trinajstić information content (AvgIpc) is 3.05. The molecule has 1 amide bonds. The smallest absolute Gasteiger partial charge is 0.322 e. The fourth-order valence-electron chi connectivity index (χ4n) is 2.13. The zero-order valence-electron chi connectivity index (χ0n) is 13.6. The molecule has 134 valence electrons. The Bertz CT molecular complexity index is 867. The third-order valence-electron chi connectivity index (χ3n) is 3.39. The van der Waals surface area contributed by atoms with Crippen LogP contribution in [0.2, 0.25) is 0 Å². The number of anilines is 1. The Balaban J connectivity index is 1.45. The number of carbonyl (C=O) groups is 1. The van der Waals surface area contributed by atoms with Gasteiger partial charge in [-0.05, 0) is 42.0 Å². The van der Waals surface area contributed by atoms with Crippen LogP contribution < -0.4 is 5.32 Å². The van der Waals surface area contributed by atoms with Crippen LogP contribution in [0, 0.1) is 11.6 Å². The minimum atomic E-state index is -0.314. The molecule has 26 heavy (non-hydrogen) atoms. The van der Waals surface area contributed by atoms with Gasteiger partial charge in [0.2, 0.25) is 11.8 Å². The van der Waals surface area contributed by atoms with Gasteiger partial charge in [0.05, 0.1) is 6.42 Å². The molecule has 1 N–H and O–H groups in total. The molecule has 0 saturated carbocycles. The van der Waals surface area contributed by atoms with E-state index in [-0.39, 0.29) is 30.0 Å². The number of carbonyl (C=O) groups excluding carboxylic acids is 1. The maximum Gasteiger partial charge on any atom is 0.322 e. The lowest BCUT2D eigenvalue weighted by atomic mass is 10.1. The Morgan fingerprint density at radius 3 is 2.35 bits per heavy atom. The first-order valence-electron chi connectivity index (χ1n) is 7.83. The van der Waals surface area contributed by atoms with Crippen LogP contribution in [0.25, 0.3) is 0 Å². The summed E-state index contributed by atoms with van der Waals surface area (Å²) in [6, 6.07) is 12.1. The predicted octanol–water partition coefficient (Wildman–Crippen LogP) is 4.06. The highest BCUT2D eigenvalue weighted by Crippen LogP contribution is 2.19. The summed E-state index contributed by atoms with van der Waals surface area (Å²) in [5, 5.41) is 10.2. The van der Waals surface area contributed by atoms with Gasteiger partial charge >= 0.3 is 6.01 Å². The maximum atomic E-state index is 12.9. The monoisotopic (exact) mass is 375 g/mol. The van der Waals surface area contributed by atoms with Crippen LogP contribution in [0.15, 0.2) is 57.8 Å². The summed E-state index contributed by atoms with van der Waals surface area (Å²) in [5.74, 6) is 0.00321. The lowest BCUT2D eigenvalue weighted by molar-refractivity contribution is -0.115. The van der Waals surface area contributed by atoms with Crippen molar-refractivity contribution < 1.29 is 18.0 Å². The van der Waals surface area contributed by atoms with Gasteiger partial charge in [0.1, 0.15) is 11.6 Å². The standard InChI is InChI=1S/C18H15F2N3O2S/c19-13-3-1-12(2-4-13)11-17-22-23-18(25-17)21-16(24)9-10-26-15-7-5-14(20)6-8-15/h1-8H,9-11H2,(H,21,23,24). The quantitative estimate of drug-likeness (QED) is 0.631. The number of halogens is 2. The van der Waals surface area contributed by atoms with E-state index in [2.05, 4.69) is 15.5 Å². The van der Waals surface area contributed by atoms with E-state index in [0.29, 0.717) is 18.1 Å². The molecule has 0 fully saturated rings. The van der Waals surface area contributed by atoms with Crippen LogP contribution in [0.4, 0.5) is 14.8 Å². The summed E-state index contributed by atoms with van der Waals surface area (Å²) < 4.78 is 31.1. The van der Waals surface area contributed by atoms with Crippen molar-refractivity contribution in [2.75, 3.05) is 11.1 Å². The van der Waals surface area contributed by atoms with Gasteiger partial charge in [-0.15, -0.1) is 16.9 Å². The van der Waals surface area contributed by atoms with Crippen molar-refractivity contribution in [1.29, 1.82) is 0 Å². The molecule has 0 atom stereocenters. The number of hydrogen-bond donors (Lipinski definition) is 1. The Kier molecular flexibility index (Phi) is 5.96. The summed E-state index contributed by atoms with van der Waals surface area (Å²) in [4.78, 5) is 12.8. The Labute approximate surface area is 152 Å². The van der Waals surface area contributed by atoms with E-state index in [0.717, 1.165) is 10.5 Å². The number of nitrogens with one attached hydrogen (secondary N) is 1. The minimum absolute atomic E-state index is 0.0268. The Hall–Kier alpha value is -2.74. The van der Waals surface area contributed by atoms with Crippen LogP contribution in [0.5, 0.6) is 0 Å². The highest BCUT2D eigenvalue weighted by Gasteiger charge is 2.10. The fourth-order valence-corrected chi connectivity index (χ4v) is 2.98. The third kappa shape index (κ3) is 5.38. The molecule has 0 radical (unpaired) electrons. The summed E-state index contributed by atoms with van der Waals surface area (Å²) in [6.07, 6.45) is 0.598. The highest BCUT2D eigenvalue weighted by molar-refractivity contribution is 7.99. The normalized spacial score (nSPS) is 10.7. The van der Waals surface area contributed by atoms with E-state index < -0.39 is 0 Å². The topological polar surface area (TPSA) is 68.0 Å². The van der Waals surface area contributed by atoms with E-state index >= 15 is 0 Å². The van der Waals surface area contributed by atoms with Crippen molar-refractivity contribution >= 4 is 23.7 Å². The fraction of sp³-hybridized carbons (Fsp3) is 0.167. The average molecular weight is 375 g/mol. The van der Waals surface area contributed by atoms with E-state index in [1.165, 1.54) is 36.0 Å². The first kappa shape index (κ1) is 18.1. The van der Waals surface area contributed by atoms with Crippen LogP contribution in [0.1, 0.15) is 17.9 Å². The van der Waals surface area contributed by atoms with Crippen molar-refractivity contribution in [1.82, 2.24) is 10.2 Å². The number of aromatic nitrogens is 2. The van der Waals surface area contributed by atoms with Gasteiger partial charge in [-0.2, -0.15) is 0 Å². The van der Waals surface area contributed by atoms with Crippen LogP contribution >= 0.6 is 11.8 Å². The molecule has 0 aliphatic rings. The number of amides is 1. The molecular weight excluding hydrogens is 360 g/mol.